The van der Waals surface area contributed by atoms with E-state index in [2.05, 4.69) is 9.97 Å². The second-order valence-corrected chi connectivity index (χ2v) is 2.50. The van der Waals surface area contributed by atoms with Gasteiger partial charge in [0.2, 0.25) is 0 Å². The number of carbonyl (C=O) groups is 1. The van der Waals surface area contributed by atoms with Crippen molar-refractivity contribution in [2.75, 3.05) is 0 Å². The van der Waals surface area contributed by atoms with Crippen LogP contribution in [0.1, 0.15) is 27.6 Å². The number of aldehydes is 1. The largest absolute Gasteiger partial charge is 0.390 e. The average Bonchev–Trinajstić information content (AvgIpc) is 2.08. The second kappa shape index (κ2) is 3.40. The van der Waals surface area contributed by atoms with Crippen molar-refractivity contribution in [2.45, 2.75) is 20.5 Å². The number of hydrogen-bond acceptors (Lipinski definition) is 4. The molecule has 1 N–H and O–H groups in total. The highest BCUT2D eigenvalue weighted by Gasteiger charge is 2.05. The smallest absolute Gasteiger partial charge is 0.170 e. The molecule has 0 unspecified atom stereocenters. The van der Waals surface area contributed by atoms with Crippen LogP contribution in [-0.4, -0.2) is 21.4 Å². The molecule has 0 aliphatic carbocycles. The molecular formula is C8H10N2O2. The molecule has 0 aliphatic heterocycles. The lowest BCUT2D eigenvalue weighted by Gasteiger charge is -2.03. The third-order valence-corrected chi connectivity index (χ3v) is 1.64. The number of rotatable bonds is 2. The minimum absolute atomic E-state index is 0.140. The first-order valence-electron chi connectivity index (χ1n) is 3.59. The van der Waals surface area contributed by atoms with Crippen molar-refractivity contribution in [3.63, 3.8) is 0 Å². The van der Waals surface area contributed by atoms with E-state index in [9.17, 15) is 4.79 Å². The van der Waals surface area contributed by atoms with Crippen LogP contribution in [0.2, 0.25) is 0 Å². The summed E-state index contributed by atoms with van der Waals surface area (Å²) in [6.07, 6.45) is 0.663. The third-order valence-electron chi connectivity index (χ3n) is 1.64. The summed E-state index contributed by atoms with van der Waals surface area (Å²) in [5, 5.41) is 8.82. The predicted octanol–water partition coefficient (Wildman–Crippen LogP) is 0.398. The normalized spacial score (nSPS) is 9.92. The van der Waals surface area contributed by atoms with Gasteiger partial charge in [-0.15, -0.1) is 0 Å². The number of carbonyl (C=O) groups excluding carboxylic acids is 1. The lowest BCUT2D eigenvalue weighted by molar-refractivity contribution is 0.111. The fourth-order valence-electron chi connectivity index (χ4n) is 0.928. The van der Waals surface area contributed by atoms with E-state index in [1.807, 2.05) is 0 Å². The van der Waals surface area contributed by atoms with Crippen LogP contribution < -0.4 is 0 Å². The first-order chi connectivity index (χ1) is 5.69. The predicted molar refractivity (Wildman–Crippen MR) is 42.8 cm³/mol. The number of hydrogen-bond donors (Lipinski definition) is 1. The SMILES string of the molecule is Cc1nc(CO)c(C)nc1C=O. The molecule has 4 heteroatoms. The van der Waals surface area contributed by atoms with Gasteiger partial charge in [0, 0.05) is 0 Å². The van der Waals surface area contributed by atoms with Crippen LogP contribution in [0.5, 0.6) is 0 Å². The van der Waals surface area contributed by atoms with E-state index < -0.39 is 0 Å². The number of aryl methyl sites for hydroxylation is 2. The second-order valence-electron chi connectivity index (χ2n) is 2.50. The van der Waals surface area contributed by atoms with Crippen molar-refractivity contribution in [1.29, 1.82) is 0 Å². The van der Waals surface area contributed by atoms with Gasteiger partial charge in [0.15, 0.2) is 6.29 Å². The molecule has 4 nitrogen and oxygen atoms in total. The summed E-state index contributed by atoms with van der Waals surface area (Å²) in [7, 11) is 0. The maximum absolute atomic E-state index is 10.4. The molecule has 0 fully saturated rings. The Balaban J connectivity index is 3.25. The molecule has 1 aromatic rings. The molecule has 64 valence electrons. The number of aliphatic hydroxyl groups is 1. The molecule has 1 heterocycles. The van der Waals surface area contributed by atoms with Crippen molar-refractivity contribution in [3.8, 4) is 0 Å². The lowest BCUT2D eigenvalue weighted by atomic mass is 10.2. The van der Waals surface area contributed by atoms with Gasteiger partial charge < -0.3 is 5.11 Å². The van der Waals surface area contributed by atoms with Crippen LogP contribution in [0.3, 0.4) is 0 Å². The van der Waals surface area contributed by atoms with Gasteiger partial charge in [-0.1, -0.05) is 0 Å². The molecular weight excluding hydrogens is 156 g/mol. The summed E-state index contributed by atoms with van der Waals surface area (Å²) >= 11 is 0. The van der Waals surface area contributed by atoms with Gasteiger partial charge in [0.25, 0.3) is 0 Å². The highest BCUT2D eigenvalue weighted by molar-refractivity contribution is 5.73. The van der Waals surface area contributed by atoms with E-state index in [0.717, 1.165) is 0 Å². The first-order valence-corrected chi connectivity index (χ1v) is 3.59. The molecule has 0 bridgehead atoms. The van der Waals surface area contributed by atoms with Crippen molar-refractivity contribution in [1.82, 2.24) is 9.97 Å². The monoisotopic (exact) mass is 166 g/mol. The molecule has 0 aromatic carbocycles. The van der Waals surface area contributed by atoms with Crippen molar-refractivity contribution in [3.05, 3.63) is 22.8 Å². The van der Waals surface area contributed by atoms with Crippen LogP contribution >= 0.6 is 0 Å². The fraction of sp³-hybridized carbons (Fsp3) is 0.375. The summed E-state index contributed by atoms with van der Waals surface area (Å²) in [4.78, 5) is 18.4. The summed E-state index contributed by atoms with van der Waals surface area (Å²) < 4.78 is 0. The molecule has 0 spiro atoms. The molecule has 0 radical (unpaired) electrons. The van der Waals surface area contributed by atoms with Crippen molar-refractivity contribution >= 4 is 6.29 Å². The Morgan fingerprint density at radius 3 is 2.50 bits per heavy atom. The summed E-state index contributed by atoms with van der Waals surface area (Å²) in [6, 6.07) is 0. The zero-order valence-electron chi connectivity index (χ0n) is 7.03. The highest BCUT2D eigenvalue weighted by atomic mass is 16.3. The Hall–Kier alpha value is -1.29. The van der Waals surface area contributed by atoms with Crippen LogP contribution in [0, 0.1) is 13.8 Å². The molecule has 0 atom stereocenters. The van der Waals surface area contributed by atoms with Gasteiger partial charge in [-0.25, -0.2) is 4.98 Å². The number of aromatic nitrogens is 2. The molecule has 0 amide bonds. The zero-order valence-corrected chi connectivity index (χ0v) is 7.03. The molecule has 0 saturated carbocycles. The van der Waals surface area contributed by atoms with E-state index in [0.29, 0.717) is 29.1 Å². The third kappa shape index (κ3) is 1.48. The summed E-state index contributed by atoms with van der Waals surface area (Å²) in [6.45, 7) is 3.26. The molecule has 0 aliphatic rings. The van der Waals surface area contributed by atoms with Crippen molar-refractivity contribution in [2.24, 2.45) is 0 Å². The Morgan fingerprint density at radius 2 is 2.00 bits per heavy atom. The fourth-order valence-corrected chi connectivity index (χ4v) is 0.928. The highest BCUT2D eigenvalue weighted by Crippen LogP contribution is 2.05. The van der Waals surface area contributed by atoms with Gasteiger partial charge in [0.05, 0.1) is 23.7 Å². The topological polar surface area (TPSA) is 63.1 Å². The minimum atomic E-state index is -0.140. The molecule has 0 saturated heterocycles. The van der Waals surface area contributed by atoms with E-state index in [-0.39, 0.29) is 6.61 Å². The number of nitrogens with zero attached hydrogens (tertiary/aromatic N) is 2. The van der Waals surface area contributed by atoms with E-state index in [1.165, 1.54) is 0 Å². The standard InChI is InChI=1S/C8H10N2O2/c1-5-7(3-11)10-6(2)8(4-12)9-5/h3,12H,4H2,1-2H3. The summed E-state index contributed by atoms with van der Waals surface area (Å²) in [5.74, 6) is 0. The van der Waals surface area contributed by atoms with E-state index in [4.69, 9.17) is 5.11 Å². The van der Waals surface area contributed by atoms with Crippen LogP contribution in [0.15, 0.2) is 0 Å². The van der Waals surface area contributed by atoms with Crippen LogP contribution in [0.4, 0.5) is 0 Å². The van der Waals surface area contributed by atoms with Gasteiger partial charge in [-0.3, -0.25) is 9.78 Å². The van der Waals surface area contributed by atoms with E-state index >= 15 is 0 Å². The van der Waals surface area contributed by atoms with Gasteiger partial charge in [-0.05, 0) is 13.8 Å². The van der Waals surface area contributed by atoms with Crippen LogP contribution in [0.25, 0.3) is 0 Å². The molecule has 1 aromatic heterocycles. The molecule has 12 heavy (non-hydrogen) atoms. The lowest BCUT2D eigenvalue weighted by Crippen LogP contribution is -2.04. The Morgan fingerprint density at radius 1 is 1.33 bits per heavy atom. The maximum atomic E-state index is 10.4. The average molecular weight is 166 g/mol. The first kappa shape index (κ1) is 8.80. The van der Waals surface area contributed by atoms with Gasteiger partial charge >= 0.3 is 0 Å². The minimum Gasteiger partial charge on any atom is -0.390 e. The maximum Gasteiger partial charge on any atom is 0.170 e. The number of aliphatic hydroxyl groups excluding tert-OH is 1. The van der Waals surface area contributed by atoms with Crippen LogP contribution in [-0.2, 0) is 6.61 Å². The summed E-state index contributed by atoms with van der Waals surface area (Å²) in [5.41, 5.74) is 2.02. The Bertz CT molecular complexity index is 310. The quantitative estimate of drug-likeness (QED) is 0.646. The van der Waals surface area contributed by atoms with Gasteiger partial charge in [-0.2, -0.15) is 0 Å². The molecule has 1 rings (SSSR count). The van der Waals surface area contributed by atoms with Gasteiger partial charge in [0.1, 0.15) is 5.69 Å². The van der Waals surface area contributed by atoms with Crippen molar-refractivity contribution < 1.29 is 9.90 Å². The Labute approximate surface area is 70.3 Å². The Kier molecular flexibility index (Phi) is 2.50. The zero-order chi connectivity index (χ0) is 9.14. The van der Waals surface area contributed by atoms with E-state index in [1.54, 1.807) is 13.8 Å².